The topological polar surface area (TPSA) is 105 Å². The van der Waals surface area contributed by atoms with Crippen LogP contribution in [0.5, 0.6) is 5.75 Å². The van der Waals surface area contributed by atoms with Gasteiger partial charge in [-0.15, -0.1) is 18.3 Å². The Morgan fingerprint density at radius 2 is 1.94 bits per heavy atom. The van der Waals surface area contributed by atoms with Gasteiger partial charge in [-0.05, 0) is 31.2 Å². The lowest BCUT2D eigenvalue weighted by atomic mass is 9.91. The highest BCUT2D eigenvalue weighted by Gasteiger charge is 2.49. The van der Waals surface area contributed by atoms with Crippen molar-refractivity contribution in [1.29, 1.82) is 0 Å². The maximum Gasteiger partial charge on any atom is 0.573 e. The number of aromatic nitrogens is 2. The molecular weight excluding hydrogens is 441 g/mol. The van der Waals surface area contributed by atoms with E-state index >= 15 is 0 Å². The third kappa shape index (κ3) is 4.67. The molecule has 1 saturated heterocycles. The first-order valence-electron chi connectivity index (χ1n) is 9.88. The third-order valence-electron chi connectivity index (χ3n) is 5.25. The summed E-state index contributed by atoms with van der Waals surface area (Å²) in [6.45, 7) is 1.21. The van der Waals surface area contributed by atoms with E-state index in [9.17, 15) is 27.9 Å². The molecule has 172 valence electrons. The van der Waals surface area contributed by atoms with Gasteiger partial charge in [0, 0.05) is 18.2 Å². The minimum atomic E-state index is -4.85. The van der Waals surface area contributed by atoms with Crippen LogP contribution in [-0.4, -0.2) is 45.2 Å². The molecule has 2 unspecified atom stereocenters. The number of aliphatic hydroxyl groups is 1. The van der Waals surface area contributed by atoms with Gasteiger partial charge in [0.2, 0.25) is 5.91 Å². The van der Waals surface area contributed by atoms with Crippen LogP contribution < -0.4 is 15.4 Å². The number of hydrogen-bond donors (Lipinski definition) is 3. The van der Waals surface area contributed by atoms with Crippen LogP contribution in [0.4, 0.5) is 19.0 Å². The van der Waals surface area contributed by atoms with Crippen molar-refractivity contribution in [3.05, 3.63) is 60.7 Å². The Morgan fingerprint density at radius 1 is 1.21 bits per heavy atom. The molecule has 4 rings (SSSR count). The monoisotopic (exact) mass is 460 g/mol. The number of benzene rings is 2. The number of carbonyl (C=O) groups excluding carboxylic acids is 2. The molecule has 2 heterocycles. The van der Waals surface area contributed by atoms with Crippen molar-refractivity contribution in [3.63, 3.8) is 0 Å². The number of amides is 2. The summed E-state index contributed by atoms with van der Waals surface area (Å²) in [5, 5.41) is 19.7. The van der Waals surface area contributed by atoms with E-state index in [1.807, 2.05) is 0 Å². The van der Waals surface area contributed by atoms with E-state index in [0.29, 0.717) is 16.9 Å². The summed E-state index contributed by atoms with van der Waals surface area (Å²) >= 11 is 0. The van der Waals surface area contributed by atoms with Gasteiger partial charge in [0.1, 0.15) is 5.75 Å². The third-order valence-corrected chi connectivity index (χ3v) is 5.25. The Hall–Kier alpha value is -3.86. The number of nitrogens with zero attached hydrogens (tertiary/aromatic N) is 2. The van der Waals surface area contributed by atoms with Crippen LogP contribution in [-0.2, 0) is 9.59 Å². The lowest BCUT2D eigenvalue weighted by molar-refractivity contribution is -0.274. The van der Waals surface area contributed by atoms with Gasteiger partial charge in [0.05, 0.1) is 17.3 Å². The molecule has 0 bridgehead atoms. The molecule has 3 aromatic rings. The van der Waals surface area contributed by atoms with E-state index in [1.165, 1.54) is 35.9 Å². The van der Waals surface area contributed by atoms with Crippen LogP contribution in [0.25, 0.3) is 16.9 Å². The van der Waals surface area contributed by atoms with Gasteiger partial charge in [0.25, 0.3) is 5.91 Å². The molecule has 0 spiro atoms. The number of hydrogen-bond acceptors (Lipinski definition) is 5. The number of rotatable bonds is 5. The predicted octanol–water partition coefficient (Wildman–Crippen LogP) is 2.87. The smallest absolute Gasteiger partial charge is 0.406 e. The molecule has 1 aromatic heterocycles. The van der Waals surface area contributed by atoms with Crippen LogP contribution >= 0.6 is 0 Å². The number of para-hydroxylation sites is 1. The van der Waals surface area contributed by atoms with E-state index in [-0.39, 0.29) is 12.4 Å². The minimum absolute atomic E-state index is 0.0409. The summed E-state index contributed by atoms with van der Waals surface area (Å²) in [5.41, 5.74) is -0.535. The van der Waals surface area contributed by atoms with Crippen LogP contribution in [0.15, 0.2) is 60.7 Å². The fourth-order valence-corrected chi connectivity index (χ4v) is 3.56. The molecule has 1 aliphatic heterocycles. The number of halogens is 3. The molecule has 33 heavy (non-hydrogen) atoms. The zero-order valence-electron chi connectivity index (χ0n) is 17.3. The second kappa shape index (κ2) is 8.24. The van der Waals surface area contributed by atoms with E-state index < -0.39 is 35.4 Å². The summed E-state index contributed by atoms with van der Waals surface area (Å²) in [7, 11) is 0. The van der Waals surface area contributed by atoms with Crippen molar-refractivity contribution in [1.82, 2.24) is 15.1 Å². The second-order valence-electron chi connectivity index (χ2n) is 7.64. The van der Waals surface area contributed by atoms with Gasteiger partial charge >= 0.3 is 6.36 Å². The van der Waals surface area contributed by atoms with E-state index in [0.717, 1.165) is 0 Å². The zero-order valence-corrected chi connectivity index (χ0v) is 17.3. The number of alkyl halides is 3. The van der Waals surface area contributed by atoms with Crippen molar-refractivity contribution >= 4 is 17.6 Å². The van der Waals surface area contributed by atoms with Crippen LogP contribution in [0, 0.1) is 5.92 Å². The van der Waals surface area contributed by atoms with Crippen LogP contribution in [0.2, 0.25) is 0 Å². The van der Waals surface area contributed by atoms with Gasteiger partial charge in [-0.1, -0.05) is 30.3 Å². The number of nitrogens with one attached hydrogen (secondary N) is 2. The molecule has 2 amide bonds. The largest absolute Gasteiger partial charge is 0.573 e. The predicted molar refractivity (Wildman–Crippen MR) is 111 cm³/mol. The van der Waals surface area contributed by atoms with Crippen LogP contribution in [0.3, 0.4) is 0 Å². The Kier molecular flexibility index (Phi) is 5.58. The zero-order chi connectivity index (χ0) is 23.8. The molecule has 8 nitrogen and oxygen atoms in total. The van der Waals surface area contributed by atoms with Crippen molar-refractivity contribution in [2.24, 2.45) is 5.92 Å². The highest BCUT2D eigenvalue weighted by atomic mass is 19.4. The Bertz CT molecular complexity index is 1190. The maximum absolute atomic E-state index is 12.7. The first-order chi connectivity index (χ1) is 15.5. The Morgan fingerprint density at radius 3 is 2.58 bits per heavy atom. The number of anilines is 1. The van der Waals surface area contributed by atoms with Crippen molar-refractivity contribution in [2.45, 2.75) is 18.9 Å². The lowest BCUT2D eigenvalue weighted by Crippen LogP contribution is -2.44. The summed E-state index contributed by atoms with van der Waals surface area (Å²) in [6.07, 6.45) is -4.85. The maximum atomic E-state index is 12.7. The normalized spacial score (nSPS) is 20.4. The molecule has 0 radical (unpaired) electrons. The second-order valence-corrected chi connectivity index (χ2v) is 7.64. The quantitative estimate of drug-likeness (QED) is 0.543. The molecular formula is C22H19F3N4O4. The van der Waals surface area contributed by atoms with Crippen LogP contribution in [0.1, 0.15) is 6.92 Å². The van der Waals surface area contributed by atoms with Gasteiger partial charge in [0.15, 0.2) is 11.4 Å². The first-order valence-corrected chi connectivity index (χ1v) is 9.88. The lowest BCUT2D eigenvalue weighted by Gasteiger charge is -2.20. The Labute approximate surface area is 186 Å². The fourth-order valence-electron chi connectivity index (χ4n) is 3.56. The summed E-state index contributed by atoms with van der Waals surface area (Å²) < 4.78 is 43.5. The van der Waals surface area contributed by atoms with Crippen molar-refractivity contribution < 1.29 is 32.6 Å². The molecule has 3 N–H and O–H groups in total. The van der Waals surface area contributed by atoms with Gasteiger partial charge in [-0.3, -0.25) is 9.59 Å². The highest BCUT2D eigenvalue weighted by molar-refractivity contribution is 6.01. The number of carbonyl (C=O) groups is 2. The van der Waals surface area contributed by atoms with Gasteiger partial charge in [-0.25, -0.2) is 4.68 Å². The molecule has 2 atom stereocenters. The van der Waals surface area contributed by atoms with Gasteiger partial charge in [-0.2, -0.15) is 0 Å². The van der Waals surface area contributed by atoms with E-state index in [1.54, 1.807) is 36.4 Å². The average molecular weight is 460 g/mol. The summed E-state index contributed by atoms with van der Waals surface area (Å²) in [4.78, 5) is 24.5. The van der Waals surface area contributed by atoms with Gasteiger partial charge < -0.3 is 20.5 Å². The molecule has 1 fully saturated rings. The molecule has 0 aliphatic carbocycles. The summed E-state index contributed by atoms with van der Waals surface area (Å²) in [6, 6.07) is 15.6. The first kappa shape index (κ1) is 22.3. The SMILES string of the molecule is CC1(O)C(=O)NCC1C(=O)Nc1cc(-c2cccc(OC(F)(F)F)c2)n(-c2ccccc2)n1. The average Bonchev–Trinajstić information content (AvgIpc) is 3.28. The molecule has 0 saturated carbocycles. The van der Waals surface area contributed by atoms with Crippen molar-refractivity contribution in [3.8, 4) is 22.7 Å². The minimum Gasteiger partial charge on any atom is -0.406 e. The van der Waals surface area contributed by atoms with E-state index in [4.69, 9.17) is 0 Å². The highest BCUT2D eigenvalue weighted by Crippen LogP contribution is 2.31. The molecule has 1 aliphatic rings. The standard InChI is InChI=1S/C22H19F3N4O4/c1-21(32)16(12-26-20(21)31)19(30)27-18-11-17(29(28-18)14-7-3-2-4-8-14)13-6-5-9-15(10-13)33-22(23,24)25/h2-11,16,32H,12H2,1H3,(H,26,31)(H,27,28,30). The Balaban J connectivity index is 1.70. The summed E-state index contributed by atoms with van der Waals surface area (Å²) in [5.74, 6) is -2.63. The molecule has 2 aromatic carbocycles. The molecule has 11 heteroatoms. The number of ether oxygens (including phenoxy) is 1. The van der Waals surface area contributed by atoms with E-state index in [2.05, 4.69) is 20.5 Å². The van der Waals surface area contributed by atoms with Crippen molar-refractivity contribution in [2.75, 3.05) is 11.9 Å². The fraction of sp³-hybridized carbons (Fsp3) is 0.227.